The van der Waals surface area contributed by atoms with Crippen molar-refractivity contribution in [3.63, 3.8) is 0 Å². The van der Waals surface area contributed by atoms with Crippen LogP contribution in [0.2, 0.25) is 10.0 Å². The topological polar surface area (TPSA) is 110 Å². The Bertz CT molecular complexity index is 1460. The summed E-state index contributed by atoms with van der Waals surface area (Å²) in [6.45, 7) is -0.152. The molecule has 0 radical (unpaired) electrons. The van der Waals surface area contributed by atoms with Gasteiger partial charge in [-0.05, 0) is 41.5 Å². The summed E-state index contributed by atoms with van der Waals surface area (Å²) in [5, 5.41) is 12.7. The fourth-order valence-corrected chi connectivity index (χ4v) is 6.15. The molecule has 2 heterocycles. The summed E-state index contributed by atoms with van der Waals surface area (Å²) in [5.41, 5.74) is 0.867. The van der Waals surface area contributed by atoms with Gasteiger partial charge in [0.1, 0.15) is 21.9 Å². The molecule has 0 N–H and O–H groups in total. The molecule has 188 valence electrons. The standard InChI is InChI=1S/C23H19Cl2N3O6S2/c1-26(36(32,33)17-7-8-18(24)19(11-17)28(30)31)12-16-14-35-22(21(16)25)23(29)27-9-10-34-20(13-27)15-5-3-2-4-6-15/h2-3,5,7-11,13-14H,4,6,12H2,1H3. The zero-order valence-electron chi connectivity index (χ0n) is 18.8. The molecule has 2 aromatic rings. The highest BCUT2D eigenvalue weighted by Gasteiger charge is 2.28. The van der Waals surface area contributed by atoms with Crippen LogP contribution in [0.15, 0.2) is 76.7 Å². The maximum atomic E-state index is 13.2. The summed E-state index contributed by atoms with van der Waals surface area (Å²) in [6.07, 6.45) is 12.1. The van der Waals surface area contributed by atoms with Gasteiger partial charge >= 0.3 is 0 Å². The van der Waals surface area contributed by atoms with Crippen molar-refractivity contribution < 1.29 is 22.9 Å². The largest absolute Gasteiger partial charge is 0.462 e. The van der Waals surface area contributed by atoms with Gasteiger partial charge in [-0.3, -0.25) is 19.8 Å². The lowest BCUT2D eigenvalue weighted by atomic mass is 10.0. The molecule has 0 saturated heterocycles. The van der Waals surface area contributed by atoms with Crippen LogP contribution in [0, 0.1) is 10.1 Å². The number of carbonyl (C=O) groups excluding carboxylic acids is 1. The number of nitro benzene ring substituents is 1. The van der Waals surface area contributed by atoms with Gasteiger partial charge in [-0.15, -0.1) is 11.3 Å². The average Bonchev–Trinajstić information content (AvgIpc) is 3.23. The highest BCUT2D eigenvalue weighted by Crippen LogP contribution is 2.34. The number of nitro groups is 1. The fraction of sp³-hybridized carbons (Fsp3) is 0.174. The van der Waals surface area contributed by atoms with E-state index in [2.05, 4.69) is 0 Å². The van der Waals surface area contributed by atoms with Crippen LogP contribution in [0.1, 0.15) is 28.1 Å². The van der Waals surface area contributed by atoms with Crippen LogP contribution in [0.3, 0.4) is 0 Å². The van der Waals surface area contributed by atoms with Crippen molar-refractivity contribution >= 4 is 56.2 Å². The molecule has 0 saturated carbocycles. The predicted molar refractivity (Wildman–Crippen MR) is 137 cm³/mol. The van der Waals surface area contributed by atoms with Gasteiger partial charge < -0.3 is 4.74 Å². The van der Waals surface area contributed by atoms with Crippen molar-refractivity contribution in [1.29, 1.82) is 0 Å². The molecule has 4 rings (SSSR count). The molecule has 0 bridgehead atoms. The minimum Gasteiger partial charge on any atom is -0.462 e. The van der Waals surface area contributed by atoms with Crippen LogP contribution in [0.5, 0.6) is 0 Å². The maximum Gasteiger partial charge on any atom is 0.289 e. The number of hydrogen-bond donors (Lipinski definition) is 0. The Morgan fingerprint density at radius 3 is 2.81 bits per heavy atom. The Balaban J connectivity index is 1.54. The van der Waals surface area contributed by atoms with E-state index in [0.717, 1.165) is 46.2 Å². The molecule has 13 heteroatoms. The second-order valence-corrected chi connectivity index (χ2v) is 11.5. The lowest BCUT2D eigenvalue weighted by Crippen LogP contribution is -2.26. The van der Waals surface area contributed by atoms with Crippen molar-refractivity contribution in [2.75, 3.05) is 7.05 Å². The molecule has 1 amide bonds. The molecule has 1 aromatic carbocycles. The molecule has 0 atom stereocenters. The van der Waals surface area contributed by atoms with Gasteiger partial charge in [0.15, 0.2) is 0 Å². The lowest BCUT2D eigenvalue weighted by molar-refractivity contribution is -0.384. The molecule has 1 aromatic heterocycles. The van der Waals surface area contributed by atoms with E-state index in [1.165, 1.54) is 30.5 Å². The van der Waals surface area contributed by atoms with Gasteiger partial charge in [0, 0.05) is 25.9 Å². The van der Waals surface area contributed by atoms with Crippen molar-refractivity contribution in [1.82, 2.24) is 9.21 Å². The Labute approximate surface area is 221 Å². The summed E-state index contributed by atoms with van der Waals surface area (Å²) >= 11 is 13.4. The number of carbonyl (C=O) groups is 1. The Morgan fingerprint density at radius 1 is 1.33 bits per heavy atom. The zero-order valence-corrected chi connectivity index (χ0v) is 21.9. The third-order valence-corrected chi connectivity index (χ3v) is 9.13. The van der Waals surface area contributed by atoms with E-state index in [9.17, 15) is 23.3 Å². The molecule has 2 aliphatic rings. The zero-order chi connectivity index (χ0) is 26.0. The molecule has 1 aliphatic carbocycles. The molecule has 0 spiro atoms. The van der Waals surface area contributed by atoms with Crippen molar-refractivity contribution in [2.24, 2.45) is 0 Å². The number of rotatable bonds is 7. The van der Waals surface area contributed by atoms with Gasteiger partial charge in [-0.2, -0.15) is 4.31 Å². The SMILES string of the molecule is CN(Cc1csc(C(=O)N2C=COC(C3=CC=CCC3)=C2)c1Cl)S(=O)(=O)c1ccc(Cl)c([N+](=O)[O-])c1. The summed E-state index contributed by atoms with van der Waals surface area (Å²) in [5.74, 6) is 0.171. The number of hydrogen-bond acceptors (Lipinski definition) is 7. The summed E-state index contributed by atoms with van der Waals surface area (Å²) in [4.78, 5) is 24.9. The van der Waals surface area contributed by atoms with Gasteiger partial charge in [0.2, 0.25) is 10.0 Å². The Morgan fingerprint density at radius 2 is 2.11 bits per heavy atom. The van der Waals surface area contributed by atoms with Gasteiger partial charge in [-0.1, -0.05) is 41.4 Å². The molecule has 1 aliphatic heterocycles. The summed E-state index contributed by atoms with van der Waals surface area (Å²) in [6, 6.07) is 3.26. The highest BCUT2D eigenvalue weighted by molar-refractivity contribution is 7.89. The molecular formula is C23H19Cl2N3O6S2. The van der Waals surface area contributed by atoms with E-state index >= 15 is 0 Å². The normalized spacial score (nSPS) is 15.5. The van der Waals surface area contributed by atoms with Crippen LogP contribution >= 0.6 is 34.5 Å². The third kappa shape index (κ3) is 5.25. The molecular weight excluding hydrogens is 549 g/mol. The predicted octanol–water partition coefficient (Wildman–Crippen LogP) is 5.85. The fourth-order valence-electron chi connectivity index (χ4n) is 3.51. The molecule has 9 nitrogen and oxygen atoms in total. The first kappa shape index (κ1) is 26.1. The number of thiophene rings is 1. The number of allylic oxidation sites excluding steroid dienone is 4. The van der Waals surface area contributed by atoms with Crippen LogP contribution < -0.4 is 0 Å². The second kappa shape index (κ2) is 10.6. The number of sulfonamides is 1. The highest BCUT2D eigenvalue weighted by atomic mass is 35.5. The first-order valence-electron chi connectivity index (χ1n) is 10.5. The van der Waals surface area contributed by atoms with Crippen LogP contribution in [-0.2, 0) is 21.3 Å². The maximum absolute atomic E-state index is 13.2. The summed E-state index contributed by atoms with van der Waals surface area (Å²) in [7, 11) is -2.79. The second-order valence-electron chi connectivity index (χ2n) is 7.80. The van der Waals surface area contributed by atoms with E-state index in [1.807, 2.05) is 18.2 Å². The number of nitrogens with zero attached hydrogens (tertiary/aromatic N) is 3. The van der Waals surface area contributed by atoms with Crippen LogP contribution in [0.25, 0.3) is 0 Å². The van der Waals surface area contributed by atoms with Gasteiger partial charge in [0.25, 0.3) is 11.6 Å². The Kier molecular flexibility index (Phi) is 7.67. The first-order valence-corrected chi connectivity index (χ1v) is 13.6. The monoisotopic (exact) mass is 567 g/mol. The first-order chi connectivity index (χ1) is 17.1. The van der Waals surface area contributed by atoms with E-state index in [1.54, 1.807) is 11.6 Å². The lowest BCUT2D eigenvalue weighted by Gasteiger charge is -2.21. The molecule has 0 unspecified atom stereocenters. The minimum atomic E-state index is -4.11. The number of ether oxygens (including phenoxy) is 1. The third-order valence-electron chi connectivity index (χ3n) is 5.45. The van der Waals surface area contributed by atoms with Gasteiger partial charge in [-0.25, -0.2) is 8.42 Å². The van der Waals surface area contributed by atoms with Crippen molar-refractivity contribution in [3.8, 4) is 0 Å². The van der Waals surface area contributed by atoms with E-state index in [4.69, 9.17) is 27.9 Å². The summed E-state index contributed by atoms with van der Waals surface area (Å²) < 4.78 is 32.6. The van der Waals surface area contributed by atoms with Crippen LogP contribution in [0.4, 0.5) is 5.69 Å². The smallest absolute Gasteiger partial charge is 0.289 e. The Hall–Kier alpha value is -2.96. The van der Waals surface area contributed by atoms with E-state index in [-0.39, 0.29) is 32.3 Å². The number of amides is 1. The van der Waals surface area contributed by atoms with Crippen LogP contribution in [-0.4, -0.2) is 35.5 Å². The minimum absolute atomic E-state index is 0.129. The molecule has 0 fully saturated rings. The van der Waals surface area contributed by atoms with Crippen molar-refractivity contribution in [2.45, 2.75) is 24.3 Å². The van der Waals surface area contributed by atoms with E-state index in [0.29, 0.717) is 11.3 Å². The number of benzene rings is 1. The average molecular weight is 568 g/mol. The van der Waals surface area contributed by atoms with Crippen molar-refractivity contribution in [3.05, 3.63) is 102 Å². The van der Waals surface area contributed by atoms with Gasteiger partial charge in [0.05, 0.1) is 21.0 Å². The molecule has 36 heavy (non-hydrogen) atoms. The number of halogens is 2. The van der Waals surface area contributed by atoms with E-state index < -0.39 is 20.6 Å². The quantitative estimate of drug-likeness (QED) is 0.306.